The van der Waals surface area contributed by atoms with Gasteiger partial charge in [-0.25, -0.2) is 4.79 Å². The summed E-state index contributed by atoms with van der Waals surface area (Å²) in [7, 11) is 0. The van der Waals surface area contributed by atoms with Gasteiger partial charge in [0, 0.05) is 35.6 Å². The fourth-order valence-electron chi connectivity index (χ4n) is 4.12. The zero-order valence-electron chi connectivity index (χ0n) is 17.1. The average Bonchev–Trinajstić information content (AvgIpc) is 3.13. The number of carbonyl (C=O) groups excluding carboxylic acids is 1. The molecule has 1 aliphatic heterocycles. The number of fused-ring (bicyclic) bond motifs is 1. The molecule has 1 aliphatic rings. The number of halogens is 1. The van der Waals surface area contributed by atoms with E-state index in [0.717, 1.165) is 29.3 Å². The third-order valence-electron chi connectivity index (χ3n) is 6.04. The van der Waals surface area contributed by atoms with Crippen molar-refractivity contribution < 1.29 is 9.90 Å². The molecule has 0 unspecified atom stereocenters. The van der Waals surface area contributed by atoms with Crippen LogP contribution in [0.5, 0.6) is 0 Å². The van der Waals surface area contributed by atoms with Crippen molar-refractivity contribution in [2.45, 2.75) is 46.6 Å². The number of benzene rings is 1. The molecule has 2 heterocycles. The van der Waals surface area contributed by atoms with Gasteiger partial charge in [-0.1, -0.05) is 39.3 Å². The zero-order valence-corrected chi connectivity index (χ0v) is 17.9. The van der Waals surface area contributed by atoms with E-state index in [2.05, 4.69) is 43.2 Å². The van der Waals surface area contributed by atoms with E-state index in [9.17, 15) is 9.90 Å². The van der Waals surface area contributed by atoms with Gasteiger partial charge in [0.05, 0.1) is 17.8 Å². The smallest absolute Gasteiger partial charge is 0.317 e. The molecule has 0 radical (unpaired) electrons. The van der Waals surface area contributed by atoms with Crippen LogP contribution in [0.4, 0.5) is 4.79 Å². The summed E-state index contributed by atoms with van der Waals surface area (Å²) in [4.78, 5) is 14.2. The van der Waals surface area contributed by atoms with Crippen molar-refractivity contribution in [3.63, 3.8) is 0 Å². The molecule has 1 fully saturated rings. The lowest BCUT2D eigenvalue weighted by Crippen LogP contribution is -2.47. The molecule has 0 spiro atoms. The highest BCUT2D eigenvalue weighted by Gasteiger charge is 2.40. The largest absolute Gasteiger partial charge is 0.388 e. The number of nitrogens with zero attached hydrogens (tertiary/aromatic N) is 2. The number of hydrogen-bond acceptors (Lipinski definition) is 3. The fraction of sp³-hybridized carbons (Fsp3) is 0.619. The molecule has 1 aromatic heterocycles. The van der Waals surface area contributed by atoms with Crippen molar-refractivity contribution in [2.75, 3.05) is 19.6 Å². The second-order valence-electron chi connectivity index (χ2n) is 8.89. The van der Waals surface area contributed by atoms with Crippen LogP contribution >= 0.6 is 11.6 Å². The first-order valence-corrected chi connectivity index (χ1v) is 10.4. The lowest BCUT2D eigenvalue weighted by molar-refractivity contribution is -0.0143. The molecule has 7 heteroatoms. The van der Waals surface area contributed by atoms with Crippen LogP contribution < -0.4 is 5.32 Å². The van der Waals surface area contributed by atoms with Gasteiger partial charge >= 0.3 is 6.03 Å². The first-order valence-electron chi connectivity index (χ1n) is 10.0. The predicted molar refractivity (Wildman–Crippen MR) is 112 cm³/mol. The van der Waals surface area contributed by atoms with Crippen LogP contribution in [0, 0.1) is 17.3 Å². The molecule has 0 aliphatic carbocycles. The summed E-state index contributed by atoms with van der Waals surface area (Å²) < 4.78 is 0. The normalized spacial score (nSPS) is 17.3. The minimum Gasteiger partial charge on any atom is -0.388 e. The molecule has 1 atom stereocenters. The second-order valence-corrected chi connectivity index (χ2v) is 9.33. The topological polar surface area (TPSA) is 81.2 Å². The maximum Gasteiger partial charge on any atom is 0.317 e. The van der Waals surface area contributed by atoms with Crippen molar-refractivity contribution in [3.8, 4) is 0 Å². The summed E-state index contributed by atoms with van der Waals surface area (Å²) >= 11 is 6.26. The Morgan fingerprint density at radius 2 is 2.07 bits per heavy atom. The average molecular weight is 407 g/mol. The van der Waals surface area contributed by atoms with Gasteiger partial charge < -0.3 is 15.3 Å². The maximum absolute atomic E-state index is 12.3. The molecule has 3 N–H and O–H groups in total. The van der Waals surface area contributed by atoms with Gasteiger partial charge in [0.2, 0.25) is 0 Å². The maximum atomic E-state index is 12.3. The Hall–Kier alpha value is -1.79. The number of H-pyrrole nitrogens is 1. The zero-order chi connectivity index (χ0) is 20.5. The standard InChI is InChI=1S/C21H31ClN4O2/c1-13(2)11-23-20(28)26-7-5-15(6-8-26)21(3,4)19(27)17-10-16(22)9-14-12-24-25-18(14)17/h9-10,12-13,15,19,27H,5-8,11H2,1-4H3,(H,23,28)(H,24,25)/t19-/m1/s1. The third kappa shape index (κ3) is 4.28. The minimum absolute atomic E-state index is 0.0134. The first kappa shape index (κ1) is 20.9. The van der Waals surface area contributed by atoms with Crippen LogP contribution in [-0.4, -0.2) is 45.9 Å². The van der Waals surface area contributed by atoms with Gasteiger partial charge in [-0.3, -0.25) is 5.10 Å². The van der Waals surface area contributed by atoms with E-state index >= 15 is 0 Å². The van der Waals surface area contributed by atoms with Crippen molar-refractivity contribution >= 4 is 28.5 Å². The molecule has 154 valence electrons. The fourth-order valence-corrected chi connectivity index (χ4v) is 4.35. The number of amides is 2. The van der Waals surface area contributed by atoms with Crippen LogP contribution in [-0.2, 0) is 0 Å². The molecule has 3 rings (SSSR count). The van der Waals surface area contributed by atoms with Crippen molar-refractivity contribution in [3.05, 3.63) is 28.9 Å². The van der Waals surface area contributed by atoms with Gasteiger partial charge in [0.1, 0.15) is 0 Å². The minimum atomic E-state index is -0.680. The molecular weight excluding hydrogens is 376 g/mol. The van der Waals surface area contributed by atoms with E-state index < -0.39 is 6.10 Å². The summed E-state index contributed by atoms with van der Waals surface area (Å²) in [6.45, 7) is 10.5. The third-order valence-corrected chi connectivity index (χ3v) is 6.26. The van der Waals surface area contributed by atoms with E-state index in [1.165, 1.54) is 0 Å². The van der Waals surface area contributed by atoms with Gasteiger partial charge in [-0.15, -0.1) is 0 Å². The highest BCUT2D eigenvalue weighted by molar-refractivity contribution is 6.31. The van der Waals surface area contributed by atoms with E-state index in [1.807, 2.05) is 17.0 Å². The number of aliphatic hydroxyl groups excluding tert-OH is 1. The van der Waals surface area contributed by atoms with Crippen LogP contribution in [0.1, 0.15) is 52.2 Å². The summed E-state index contributed by atoms with van der Waals surface area (Å²) in [5.74, 6) is 0.737. The Bertz CT molecular complexity index is 825. The van der Waals surface area contributed by atoms with E-state index in [-0.39, 0.29) is 11.4 Å². The Morgan fingerprint density at radius 3 is 2.71 bits per heavy atom. The number of aromatic nitrogens is 2. The van der Waals surface area contributed by atoms with E-state index in [0.29, 0.717) is 36.5 Å². The number of urea groups is 1. The number of likely N-dealkylation sites (tertiary alicyclic amines) is 1. The quantitative estimate of drug-likeness (QED) is 0.690. The van der Waals surface area contributed by atoms with Crippen LogP contribution in [0.2, 0.25) is 5.02 Å². The molecule has 6 nitrogen and oxygen atoms in total. The molecule has 0 saturated carbocycles. The molecule has 0 bridgehead atoms. The number of piperidine rings is 1. The Balaban J connectivity index is 1.69. The summed E-state index contributed by atoms with van der Waals surface area (Å²) in [5.41, 5.74) is 1.25. The monoisotopic (exact) mass is 406 g/mol. The second kappa shape index (κ2) is 8.29. The number of rotatable bonds is 5. The highest BCUT2D eigenvalue weighted by Crippen LogP contribution is 2.46. The van der Waals surface area contributed by atoms with Gasteiger partial charge in [-0.2, -0.15) is 5.10 Å². The molecule has 28 heavy (non-hydrogen) atoms. The molecular formula is C21H31ClN4O2. The highest BCUT2D eigenvalue weighted by atomic mass is 35.5. The van der Waals surface area contributed by atoms with Crippen LogP contribution in [0.25, 0.3) is 10.9 Å². The first-order chi connectivity index (χ1) is 13.2. The van der Waals surface area contributed by atoms with E-state index in [4.69, 9.17) is 11.6 Å². The number of carbonyl (C=O) groups is 1. The number of aromatic amines is 1. The van der Waals surface area contributed by atoms with Crippen LogP contribution in [0.15, 0.2) is 18.3 Å². The van der Waals surface area contributed by atoms with Crippen LogP contribution in [0.3, 0.4) is 0 Å². The SMILES string of the molecule is CC(C)CNC(=O)N1CCC(C(C)(C)[C@H](O)c2cc(Cl)cc3cn[nH]c23)CC1. The van der Waals surface area contributed by atoms with Gasteiger partial charge in [0.25, 0.3) is 0 Å². The summed E-state index contributed by atoms with van der Waals surface area (Å²) in [5, 5.41) is 22.8. The van der Waals surface area contributed by atoms with Crippen molar-refractivity contribution in [1.29, 1.82) is 0 Å². The molecule has 1 aromatic carbocycles. The van der Waals surface area contributed by atoms with Gasteiger partial charge in [-0.05, 0) is 42.2 Å². The number of nitrogens with one attached hydrogen (secondary N) is 2. The Labute approximate surface area is 171 Å². The predicted octanol–water partition coefficient (Wildman–Crippen LogP) is 4.35. The lowest BCUT2D eigenvalue weighted by atomic mass is 9.68. The molecule has 2 aromatic rings. The lowest BCUT2D eigenvalue weighted by Gasteiger charge is -2.43. The Kier molecular flexibility index (Phi) is 6.20. The van der Waals surface area contributed by atoms with Crippen molar-refractivity contribution in [1.82, 2.24) is 20.4 Å². The summed E-state index contributed by atoms with van der Waals surface area (Å²) in [6.07, 6.45) is 2.77. The Morgan fingerprint density at radius 1 is 1.39 bits per heavy atom. The number of aliphatic hydroxyl groups is 1. The van der Waals surface area contributed by atoms with E-state index in [1.54, 1.807) is 6.20 Å². The van der Waals surface area contributed by atoms with Gasteiger partial charge in [0.15, 0.2) is 0 Å². The molecule has 2 amide bonds. The molecule has 1 saturated heterocycles. The number of hydrogen-bond donors (Lipinski definition) is 3. The summed E-state index contributed by atoms with van der Waals surface area (Å²) in [6, 6.07) is 3.68. The van der Waals surface area contributed by atoms with Crippen molar-refractivity contribution in [2.24, 2.45) is 17.3 Å².